The maximum Gasteiger partial charge on any atom is 0.298 e. The van der Waals surface area contributed by atoms with Crippen LogP contribution in [0.4, 0.5) is 17.9 Å². The molecule has 0 bridgehead atoms. The molecule has 0 aromatic carbocycles. The molecule has 6 heavy (non-hydrogen) atoms. The third kappa shape index (κ3) is 9.82. The maximum absolute atomic E-state index is 10.2. The first kappa shape index (κ1) is 9.07. The zero-order chi connectivity index (χ0) is 4.28. The molecule has 0 rings (SSSR count). The average molecular weight is 102 g/mol. The Morgan fingerprint density at radius 2 is 1.50 bits per heavy atom. The minimum atomic E-state index is -2.29. The van der Waals surface area contributed by atoms with Crippen LogP contribution in [-0.2, 0) is 0 Å². The second-order valence-corrected chi connectivity index (χ2v) is 0.399. The molecular formula is C2H2F4. The van der Waals surface area contributed by atoms with Gasteiger partial charge in [-0.3, -0.25) is 4.70 Å². The standard InChI is InChI=1S/C2HF3.FH/c3-1-2(4)5;/h1H;1H. The van der Waals surface area contributed by atoms with Crippen LogP contribution in [0.1, 0.15) is 0 Å². The molecule has 0 aromatic heterocycles. The van der Waals surface area contributed by atoms with Gasteiger partial charge in [0.25, 0.3) is 6.08 Å². The fraction of sp³-hybridized carbons (Fsp3) is 0. The van der Waals surface area contributed by atoms with Crippen molar-refractivity contribution in [2.75, 3.05) is 0 Å². The van der Waals surface area contributed by atoms with E-state index < -0.39 is 12.4 Å². The molecule has 0 aromatic rings. The summed E-state index contributed by atoms with van der Waals surface area (Å²) < 4.78 is 30.7. The molecule has 0 saturated carbocycles. The zero-order valence-electron chi connectivity index (χ0n) is 2.62. The highest BCUT2D eigenvalue weighted by Crippen LogP contribution is 1.93. The summed E-state index contributed by atoms with van der Waals surface area (Å²) in [5, 5.41) is 0. The molecule has 0 nitrogen and oxygen atoms in total. The number of rotatable bonds is 0. The Hall–Kier alpha value is -0.540. The van der Waals surface area contributed by atoms with Gasteiger partial charge in [0.2, 0.25) is 0 Å². The summed E-state index contributed by atoms with van der Waals surface area (Å²) in [5.74, 6) is 0. The quantitative estimate of drug-likeness (QED) is 0.409. The highest BCUT2D eigenvalue weighted by atomic mass is 19.3. The van der Waals surface area contributed by atoms with Crippen LogP contribution in [0.3, 0.4) is 0 Å². The van der Waals surface area contributed by atoms with Crippen molar-refractivity contribution in [3.63, 3.8) is 0 Å². The summed E-state index contributed by atoms with van der Waals surface area (Å²) in [6.07, 6.45) is -3.04. The van der Waals surface area contributed by atoms with Crippen molar-refractivity contribution in [1.82, 2.24) is 0 Å². The largest absolute Gasteiger partial charge is 0.298 e. The molecule has 0 unspecified atom stereocenters. The van der Waals surface area contributed by atoms with Crippen LogP contribution < -0.4 is 0 Å². The number of hydrogen-bond donors (Lipinski definition) is 0. The van der Waals surface area contributed by atoms with Crippen molar-refractivity contribution >= 4 is 0 Å². The third-order valence-electron chi connectivity index (χ3n) is 0.0825. The third-order valence-corrected chi connectivity index (χ3v) is 0.0825. The van der Waals surface area contributed by atoms with E-state index in [1.54, 1.807) is 0 Å². The number of hydrogen-bond acceptors (Lipinski definition) is 0. The lowest BCUT2D eigenvalue weighted by Gasteiger charge is -1.59. The van der Waals surface area contributed by atoms with Crippen molar-refractivity contribution in [2.45, 2.75) is 0 Å². The van der Waals surface area contributed by atoms with Gasteiger partial charge < -0.3 is 0 Å². The van der Waals surface area contributed by atoms with E-state index in [-0.39, 0.29) is 4.70 Å². The average Bonchev–Trinajstić information content (AvgIpc) is 1.38. The second-order valence-electron chi connectivity index (χ2n) is 0.399. The Morgan fingerprint density at radius 1 is 1.33 bits per heavy atom. The fourth-order valence-electron chi connectivity index (χ4n) is 0. The maximum atomic E-state index is 10.2. The molecule has 0 spiro atoms. The highest BCUT2D eigenvalue weighted by molar-refractivity contribution is 4.66. The van der Waals surface area contributed by atoms with Gasteiger partial charge in [-0.05, 0) is 0 Å². The molecule has 0 amide bonds. The number of halogens is 4. The molecule has 0 heterocycles. The van der Waals surface area contributed by atoms with Crippen LogP contribution in [0.2, 0.25) is 0 Å². The lowest BCUT2D eigenvalue weighted by atomic mass is 11.1. The smallest absolute Gasteiger partial charge is 0.269 e. The van der Waals surface area contributed by atoms with Gasteiger partial charge in [0.1, 0.15) is 0 Å². The lowest BCUT2D eigenvalue weighted by Crippen LogP contribution is -1.42. The molecular weight excluding hydrogens is 100 g/mol. The van der Waals surface area contributed by atoms with Crippen molar-refractivity contribution in [1.29, 1.82) is 0 Å². The van der Waals surface area contributed by atoms with Crippen molar-refractivity contribution in [2.24, 2.45) is 0 Å². The van der Waals surface area contributed by atoms with Crippen LogP contribution in [0.15, 0.2) is 12.4 Å². The molecule has 4 heteroatoms. The van der Waals surface area contributed by atoms with Crippen LogP contribution in [0.5, 0.6) is 0 Å². The summed E-state index contributed by atoms with van der Waals surface area (Å²) in [6, 6.07) is 0. The molecule has 0 saturated heterocycles. The minimum Gasteiger partial charge on any atom is -0.269 e. The van der Waals surface area contributed by atoms with Crippen LogP contribution in [-0.4, -0.2) is 0 Å². The van der Waals surface area contributed by atoms with E-state index in [9.17, 15) is 13.2 Å². The lowest BCUT2D eigenvalue weighted by molar-refractivity contribution is 0.400. The topological polar surface area (TPSA) is 0 Å². The molecule has 0 fully saturated rings. The molecule has 0 aliphatic heterocycles. The van der Waals surface area contributed by atoms with Crippen molar-refractivity contribution in [3.05, 3.63) is 12.4 Å². The Morgan fingerprint density at radius 3 is 1.50 bits per heavy atom. The minimum absolute atomic E-state index is 0. The van der Waals surface area contributed by atoms with Gasteiger partial charge in [0.05, 0.1) is 0 Å². The van der Waals surface area contributed by atoms with Gasteiger partial charge in [-0.2, -0.15) is 8.78 Å². The van der Waals surface area contributed by atoms with Gasteiger partial charge in [0, 0.05) is 0 Å². The van der Waals surface area contributed by atoms with Crippen LogP contribution >= 0.6 is 0 Å². The molecule has 0 aliphatic rings. The van der Waals surface area contributed by atoms with Crippen LogP contribution in [0, 0.1) is 0 Å². The summed E-state index contributed by atoms with van der Waals surface area (Å²) in [4.78, 5) is 0. The first-order chi connectivity index (χ1) is 2.27. The zero-order valence-corrected chi connectivity index (χ0v) is 2.62. The SMILES string of the molecule is F.FC=C(F)F. The van der Waals surface area contributed by atoms with E-state index in [1.807, 2.05) is 0 Å². The van der Waals surface area contributed by atoms with E-state index in [0.717, 1.165) is 0 Å². The second kappa shape index (κ2) is 4.46. The fourth-order valence-corrected chi connectivity index (χ4v) is 0. The van der Waals surface area contributed by atoms with Gasteiger partial charge >= 0.3 is 0 Å². The Labute approximate surface area is 31.6 Å². The summed E-state index contributed by atoms with van der Waals surface area (Å²) in [5.41, 5.74) is 0. The first-order valence-electron chi connectivity index (χ1n) is 0.885. The molecule has 38 valence electrons. The van der Waals surface area contributed by atoms with Crippen LogP contribution in [0.25, 0.3) is 0 Å². The Balaban J connectivity index is 0. The Kier molecular flexibility index (Phi) is 6.74. The molecule has 0 N–H and O–H groups in total. The van der Waals surface area contributed by atoms with E-state index >= 15 is 0 Å². The normalized spacial score (nSPS) is 5.83. The molecule has 0 radical (unpaired) electrons. The van der Waals surface area contributed by atoms with Gasteiger partial charge in [-0.15, -0.1) is 0 Å². The first-order valence-corrected chi connectivity index (χ1v) is 0.885. The Bertz CT molecular complexity index is 43.5. The summed E-state index contributed by atoms with van der Waals surface area (Å²) in [6.45, 7) is 0. The van der Waals surface area contributed by atoms with Crippen molar-refractivity contribution in [3.8, 4) is 0 Å². The highest BCUT2D eigenvalue weighted by Gasteiger charge is 1.78. The van der Waals surface area contributed by atoms with Gasteiger partial charge in [-0.1, -0.05) is 0 Å². The predicted molar refractivity (Wildman–Crippen MR) is 13.9 cm³/mol. The van der Waals surface area contributed by atoms with E-state index in [1.165, 1.54) is 0 Å². The van der Waals surface area contributed by atoms with Gasteiger partial charge in [0.15, 0.2) is 6.33 Å². The van der Waals surface area contributed by atoms with E-state index in [0.29, 0.717) is 0 Å². The monoisotopic (exact) mass is 102 g/mol. The predicted octanol–water partition coefficient (Wildman–Crippen LogP) is 1.85. The van der Waals surface area contributed by atoms with Crippen molar-refractivity contribution < 1.29 is 17.9 Å². The van der Waals surface area contributed by atoms with Gasteiger partial charge in [-0.25, -0.2) is 4.39 Å². The summed E-state index contributed by atoms with van der Waals surface area (Å²) >= 11 is 0. The molecule has 0 atom stereocenters. The molecule has 0 aliphatic carbocycles. The van der Waals surface area contributed by atoms with E-state index in [2.05, 4.69) is 0 Å². The van der Waals surface area contributed by atoms with E-state index in [4.69, 9.17) is 0 Å². The summed E-state index contributed by atoms with van der Waals surface area (Å²) in [7, 11) is 0.